The molecule has 2 aliphatic rings. The molecule has 4 rings (SSSR count). The number of hydrogen-bond donors (Lipinski definition) is 1. The van der Waals surface area contributed by atoms with Crippen molar-refractivity contribution in [2.45, 2.75) is 38.6 Å². The van der Waals surface area contributed by atoms with Gasteiger partial charge in [0.1, 0.15) is 16.8 Å². The summed E-state index contributed by atoms with van der Waals surface area (Å²) in [6, 6.07) is 6.24. The Morgan fingerprint density at radius 2 is 1.96 bits per heavy atom. The third-order valence-electron chi connectivity index (χ3n) is 5.58. The molecular weight excluding hydrogens is 372 g/mol. The zero-order chi connectivity index (χ0) is 19.3. The van der Waals surface area contributed by atoms with Crippen LogP contribution in [0.25, 0.3) is 0 Å². The molecule has 0 unspecified atom stereocenters. The Morgan fingerprint density at radius 1 is 1.18 bits per heavy atom. The number of hydrogen-bond acceptors (Lipinski definition) is 6. The molecule has 0 atom stereocenters. The fourth-order valence-corrected chi connectivity index (χ4v) is 5.30. The predicted molar refractivity (Wildman–Crippen MR) is 109 cm³/mol. The predicted octanol–water partition coefficient (Wildman–Crippen LogP) is 3.24. The summed E-state index contributed by atoms with van der Waals surface area (Å²) in [7, 11) is 0. The third-order valence-corrected chi connectivity index (χ3v) is 6.78. The van der Waals surface area contributed by atoms with Crippen LogP contribution in [0.4, 0.5) is 5.00 Å². The number of furan rings is 1. The molecule has 148 valence electrons. The Bertz CT molecular complexity index is 845. The van der Waals surface area contributed by atoms with Crippen molar-refractivity contribution in [2.24, 2.45) is 0 Å². The van der Waals surface area contributed by atoms with Crippen molar-refractivity contribution in [3.05, 3.63) is 40.2 Å². The van der Waals surface area contributed by atoms with Gasteiger partial charge in [-0.15, -0.1) is 11.3 Å². The highest BCUT2D eigenvalue weighted by atomic mass is 32.1. The van der Waals surface area contributed by atoms with Gasteiger partial charge in [0.2, 0.25) is 5.91 Å². The lowest BCUT2D eigenvalue weighted by atomic mass is 10.1. The van der Waals surface area contributed by atoms with E-state index in [2.05, 4.69) is 21.2 Å². The summed E-state index contributed by atoms with van der Waals surface area (Å²) in [5.74, 6) is 0.958. The summed E-state index contributed by atoms with van der Waals surface area (Å²) in [6.07, 6.45) is 7.22. The molecule has 6 nitrogen and oxygen atoms in total. The molecule has 7 heteroatoms. The molecule has 1 saturated heterocycles. The highest BCUT2D eigenvalue weighted by Crippen LogP contribution is 2.36. The van der Waals surface area contributed by atoms with Gasteiger partial charge in [0.15, 0.2) is 0 Å². The summed E-state index contributed by atoms with van der Waals surface area (Å²) in [5, 5.41) is 13.4. The van der Waals surface area contributed by atoms with Gasteiger partial charge in [-0.05, 0) is 43.4 Å². The first kappa shape index (κ1) is 19.2. The normalized spacial score (nSPS) is 18.2. The van der Waals surface area contributed by atoms with Gasteiger partial charge in [0.25, 0.3) is 0 Å². The molecule has 0 bridgehead atoms. The van der Waals surface area contributed by atoms with E-state index >= 15 is 0 Å². The van der Waals surface area contributed by atoms with E-state index in [1.165, 1.54) is 23.3 Å². The molecule has 3 heterocycles. The van der Waals surface area contributed by atoms with Gasteiger partial charge in [-0.1, -0.05) is 6.42 Å². The Kier molecular flexibility index (Phi) is 6.10. The zero-order valence-electron chi connectivity index (χ0n) is 16.1. The lowest BCUT2D eigenvalue weighted by Crippen LogP contribution is -2.48. The monoisotopic (exact) mass is 398 g/mol. The minimum absolute atomic E-state index is 0.0209. The number of fused-ring (bicyclic) bond motifs is 1. The largest absolute Gasteiger partial charge is 0.468 e. The van der Waals surface area contributed by atoms with E-state index in [0.29, 0.717) is 12.1 Å². The number of rotatable bonds is 5. The number of amides is 1. The minimum Gasteiger partial charge on any atom is -0.468 e. The molecule has 0 saturated carbocycles. The Labute approximate surface area is 169 Å². The molecule has 0 aromatic carbocycles. The van der Waals surface area contributed by atoms with Crippen molar-refractivity contribution < 1.29 is 9.21 Å². The Morgan fingerprint density at radius 3 is 2.71 bits per heavy atom. The van der Waals surface area contributed by atoms with Crippen molar-refractivity contribution in [3.8, 4) is 6.07 Å². The van der Waals surface area contributed by atoms with Crippen molar-refractivity contribution in [3.63, 3.8) is 0 Å². The summed E-state index contributed by atoms with van der Waals surface area (Å²) in [6.45, 7) is 4.76. The van der Waals surface area contributed by atoms with Crippen LogP contribution in [0, 0.1) is 11.3 Å². The molecule has 0 radical (unpaired) electrons. The van der Waals surface area contributed by atoms with Crippen molar-refractivity contribution in [1.29, 1.82) is 5.26 Å². The summed E-state index contributed by atoms with van der Waals surface area (Å²) in [5.41, 5.74) is 1.87. The third kappa shape index (κ3) is 4.46. The highest BCUT2D eigenvalue weighted by Gasteiger charge is 2.23. The van der Waals surface area contributed by atoms with Gasteiger partial charge in [0, 0.05) is 31.1 Å². The van der Waals surface area contributed by atoms with Crippen LogP contribution in [-0.2, 0) is 24.2 Å². The number of nitrogens with zero attached hydrogens (tertiary/aromatic N) is 3. The van der Waals surface area contributed by atoms with Crippen LogP contribution in [0.1, 0.15) is 41.0 Å². The fraction of sp³-hybridized carbons (Fsp3) is 0.524. The van der Waals surface area contributed by atoms with Gasteiger partial charge in [0.05, 0.1) is 24.9 Å². The van der Waals surface area contributed by atoms with E-state index in [0.717, 1.165) is 62.7 Å². The average Bonchev–Trinajstić information content (AvgIpc) is 3.25. The number of nitrogens with one attached hydrogen (secondary N) is 1. The van der Waals surface area contributed by atoms with Crippen LogP contribution in [0.3, 0.4) is 0 Å². The quantitative estimate of drug-likeness (QED) is 0.783. The summed E-state index contributed by atoms with van der Waals surface area (Å²) in [4.78, 5) is 18.4. The van der Waals surface area contributed by atoms with Gasteiger partial charge < -0.3 is 9.73 Å². The van der Waals surface area contributed by atoms with Gasteiger partial charge >= 0.3 is 0 Å². The maximum absolute atomic E-state index is 12.6. The molecule has 1 aliphatic heterocycles. The maximum atomic E-state index is 12.6. The van der Waals surface area contributed by atoms with Gasteiger partial charge in [-0.2, -0.15) is 5.26 Å². The number of piperazine rings is 1. The SMILES string of the molecule is N#Cc1c(NC(=O)CN2CCN(Cc3ccco3)CC2)sc2c1CCCCC2. The minimum atomic E-state index is -0.0209. The van der Waals surface area contributed by atoms with E-state index in [1.54, 1.807) is 17.6 Å². The van der Waals surface area contributed by atoms with Crippen molar-refractivity contribution in [2.75, 3.05) is 38.0 Å². The smallest absolute Gasteiger partial charge is 0.239 e. The van der Waals surface area contributed by atoms with Crippen LogP contribution in [0.15, 0.2) is 22.8 Å². The summed E-state index contributed by atoms with van der Waals surface area (Å²) >= 11 is 1.60. The number of aryl methyl sites for hydroxylation is 1. The van der Waals surface area contributed by atoms with E-state index in [9.17, 15) is 10.1 Å². The summed E-state index contributed by atoms with van der Waals surface area (Å²) < 4.78 is 5.41. The number of nitriles is 1. The second-order valence-corrected chi connectivity index (χ2v) is 8.67. The zero-order valence-corrected chi connectivity index (χ0v) is 16.9. The molecule has 0 spiro atoms. The molecule has 2 aromatic rings. The van der Waals surface area contributed by atoms with Gasteiger partial charge in [-0.25, -0.2) is 0 Å². The first-order chi connectivity index (χ1) is 13.7. The van der Waals surface area contributed by atoms with Crippen LogP contribution in [0.2, 0.25) is 0 Å². The van der Waals surface area contributed by atoms with Crippen molar-refractivity contribution >= 4 is 22.2 Å². The van der Waals surface area contributed by atoms with Crippen LogP contribution in [-0.4, -0.2) is 48.4 Å². The van der Waals surface area contributed by atoms with Crippen LogP contribution < -0.4 is 5.32 Å². The number of anilines is 1. The van der Waals surface area contributed by atoms with E-state index in [1.807, 2.05) is 12.1 Å². The first-order valence-electron chi connectivity index (χ1n) is 10.0. The van der Waals surface area contributed by atoms with E-state index in [4.69, 9.17) is 4.42 Å². The lowest BCUT2D eigenvalue weighted by molar-refractivity contribution is -0.117. The average molecular weight is 399 g/mol. The van der Waals surface area contributed by atoms with Gasteiger partial charge in [-0.3, -0.25) is 14.6 Å². The maximum Gasteiger partial charge on any atom is 0.239 e. The number of carbonyl (C=O) groups is 1. The topological polar surface area (TPSA) is 72.5 Å². The molecule has 1 amide bonds. The molecule has 1 aliphatic carbocycles. The lowest BCUT2D eigenvalue weighted by Gasteiger charge is -2.33. The second kappa shape index (κ2) is 8.91. The molecule has 28 heavy (non-hydrogen) atoms. The standard InChI is InChI=1S/C21H26N4O2S/c22-13-18-17-6-2-1-3-7-19(17)28-21(18)23-20(26)15-25-10-8-24(9-11-25)14-16-5-4-12-27-16/h4-5,12H,1-3,6-11,14-15H2,(H,23,26). The number of carbonyl (C=O) groups excluding carboxylic acids is 1. The molecule has 2 aromatic heterocycles. The van der Waals surface area contributed by atoms with E-state index in [-0.39, 0.29) is 5.91 Å². The molecule has 1 fully saturated rings. The highest BCUT2D eigenvalue weighted by molar-refractivity contribution is 7.16. The van der Waals surface area contributed by atoms with Crippen molar-refractivity contribution in [1.82, 2.24) is 9.80 Å². The number of thiophene rings is 1. The van der Waals surface area contributed by atoms with Crippen LogP contribution >= 0.6 is 11.3 Å². The molecular formula is C21H26N4O2S. The fourth-order valence-electron chi connectivity index (χ4n) is 4.05. The van der Waals surface area contributed by atoms with E-state index < -0.39 is 0 Å². The molecule has 1 N–H and O–H groups in total. The Balaban J connectivity index is 1.30. The van der Waals surface area contributed by atoms with Crippen LogP contribution in [0.5, 0.6) is 0 Å². The Hall–Kier alpha value is -2.14. The second-order valence-electron chi connectivity index (χ2n) is 7.56. The first-order valence-corrected chi connectivity index (χ1v) is 10.9.